The van der Waals surface area contributed by atoms with Crippen LogP contribution in [-0.2, 0) is 0 Å². The van der Waals surface area contributed by atoms with Crippen molar-refractivity contribution in [1.29, 1.82) is 15.8 Å². The summed E-state index contributed by atoms with van der Waals surface area (Å²) in [4.78, 5) is 0. The first-order valence-electron chi connectivity index (χ1n) is 14.2. The van der Waals surface area contributed by atoms with Crippen molar-refractivity contribution >= 4 is 43.6 Å². The van der Waals surface area contributed by atoms with E-state index >= 15 is 0 Å². The molecule has 0 unspecified atom stereocenters. The Labute approximate surface area is 252 Å². The Kier molecular flexibility index (Phi) is 5.56. The van der Waals surface area contributed by atoms with Crippen LogP contribution in [0, 0.1) is 34.0 Å². The van der Waals surface area contributed by atoms with Crippen molar-refractivity contribution in [3.05, 3.63) is 144 Å². The van der Waals surface area contributed by atoms with Gasteiger partial charge in [0.2, 0.25) is 0 Å². The summed E-state index contributed by atoms with van der Waals surface area (Å²) in [6, 6.07) is 49.0. The van der Waals surface area contributed by atoms with Crippen molar-refractivity contribution in [3.8, 4) is 40.7 Å². The van der Waals surface area contributed by atoms with Crippen LogP contribution in [0.15, 0.2) is 127 Å². The number of para-hydroxylation sites is 5. The molecule has 0 radical (unpaired) electrons. The molecule has 5 nitrogen and oxygen atoms in total. The summed E-state index contributed by atoms with van der Waals surface area (Å²) in [6.45, 7) is 0. The zero-order chi connectivity index (χ0) is 29.8. The summed E-state index contributed by atoms with van der Waals surface area (Å²) < 4.78 is 4.24. The van der Waals surface area contributed by atoms with Crippen molar-refractivity contribution in [2.45, 2.75) is 0 Å². The van der Waals surface area contributed by atoms with Crippen molar-refractivity contribution < 1.29 is 0 Å². The molecule has 44 heavy (non-hydrogen) atoms. The van der Waals surface area contributed by atoms with E-state index in [1.54, 1.807) is 6.07 Å². The Morgan fingerprint density at radius 3 is 1.25 bits per heavy atom. The minimum Gasteiger partial charge on any atom is -0.307 e. The Morgan fingerprint density at radius 2 is 0.795 bits per heavy atom. The highest BCUT2D eigenvalue weighted by atomic mass is 15.0. The van der Waals surface area contributed by atoms with Crippen LogP contribution in [0.4, 0.5) is 0 Å². The lowest BCUT2D eigenvalue weighted by atomic mass is 9.93. The number of hydrogen-bond donors (Lipinski definition) is 0. The van der Waals surface area contributed by atoms with Crippen LogP contribution in [0.3, 0.4) is 0 Å². The smallest absolute Gasteiger partial charge is 0.103 e. The molecule has 0 fully saturated rings. The van der Waals surface area contributed by atoms with Gasteiger partial charge in [0.1, 0.15) is 18.2 Å². The van der Waals surface area contributed by atoms with Gasteiger partial charge in [-0.25, -0.2) is 0 Å². The summed E-state index contributed by atoms with van der Waals surface area (Å²) in [6.07, 6.45) is 0. The molecule has 8 rings (SSSR count). The van der Waals surface area contributed by atoms with Crippen LogP contribution in [0.25, 0.3) is 66.1 Å². The monoisotopic (exact) mass is 559 g/mol. The molecule has 5 heteroatoms. The Hall–Kier alpha value is -6.61. The molecule has 0 saturated heterocycles. The van der Waals surface area contributed by atoms with Gasteiger partial charge in [-0.05, 0) is 36.4 Å². The number of nitrogens with zero attached hydrogens (tertiary/aromatic N) is 5. The molecule has 2 aromatic heterocycles. The minimum absolute atomic E-state index is 0.284. The largest absolute Gasteiger partial charge is 0.307 e. The third-order valence-corrected chi connectivity index (χ3v) is 8.46. The highest BCUT2D eigenvalue weighted by Gasteiger charge is 2.25. The lowest BCUT2D eigenvalue weighted by molar-refractivity contribution is 1.14. The first kappa shape index (κ1) is 25.1. The molecule has 202 valence electrons. The summed E-state index contributed by atoms with van der Waals surface area (Å²) in [5, 5.41) is 35.5. The molecule has 0 saturated carbocycles. The molecule has 8 aromatic rings. The molecule has 0 aliphatic heterocycles. The predicted octanol–water partition coefficient (Wildman–Crippen LogP) is 9.16. The number of benzene rings is 6. The molecular weight excluding hydrogens is 538 g/mol. The van der Waals surface area contributed by atoms with Crippen molar-refractivity contribution in [3.63, 3.8) is 0 Å². The molecule has 2 heterocycles. The molecule has 0 bridgehead atoms. The first-order valence-corrected chi connectivity index (χ1v) is 14.2. The molecule has 0 N–H and O–H groups in total. The van der Waals surface area contributed by atoms with Crippen molar-refractivity contribution in [1.82, 2.24) is 9.13 Å². The summed E-state index contributed by atoms with van der Waals surface area (Å²) >= 11 is 0. The van der Waals surface area contributed by atoms with Gasteiger partial charge < -0.3 is 9.13 Å². The van der Waals surface area contributed by atoms with E-state index in [4.69, 9.17) is 0 Å². The van der Waals surface area contributed by atoms with E-state index in [1.165, 1.54) is 0 Å². The van der Waals surface area contributed by atoms with E-state index in [-0.39, 0.29) is 5.56 Å². The second kappa shape index (κ2) is 9.74. The Balaban J connectivity index is 1.58. The molecular formula is C39H21N5. The molecule has 6 aromatic carbocycles. The van der Waals surface area contributed by atoms with E-state index < -0.39 is 0 Å². The maximum Gasteiger partial charge on any atom is 0.103 e. The number of hydrogen-bond acceptors (Lipinski definition) is 3. The maximum atomic E-state index is 10.6. The molecule has 0 aliphatic rings. The van der Waals surface area contributed by atoms with Gasteiger partial charge in [-0.15, -0.1) is 0 Å². The van der Waals surface area contributed by atoms with Crippen LogP contribution in [0.2, 0.25) is 0 Å². The van der Waals surface area contributed by atoms with E-state index in [0.717, 1.165) is 60.4 Å². The van der Waals surface area contributed by atoms with Gasteiger partial charge >= 0.3 is 0 Å². The second-order valence-corrected chi connectivity index (χ2v) is 10.7. The van der Waals surface area contributed by atoms with Gasteiger partial charge in [-0.2, -0.15) is 15.8 Å². The van der Waals surface area contributed by atoms with Gasteiger partial charge in [-0.1, -0.05) is 91.0 Å². The molecule has 0 spiro atoms. The van der Waals surface area contributed by atoms with E-state index in [0.29, 0.717) is 16.8 Å². The highest BCUT2D eigenvalue weighted by Crippen LogP contribution is 2.43. The van der Waals surface area contributed by atoms with Gasteiger partial charge in [0.25, 0.3) is 0 Å². The summed E-state index contributed by atoms with van der Waals surface area (Å²) in [5.74, 6) is 0. The van der Waals surface area contributed by atoms with Gasteiger partial charge in [0.05, 0.1) is 50.1 Å². The average Bonchev–Trinajstić information content (AvgIpc) is 3.60. The predicted molar refractivity (Wildman–Crippen MR) is 175 cm³/mol. The Morgan fingerprint density at radius 1 is 0.364 bits per heavy atom. The molecule has 0 atom stereocenters. The standard InChI is InChI=1S/C39H21N5/c40-22-25-20-21-32(39(33(25)24-42)44-36-18-7-3-13-29(36)30-14-4-8-19-37(30)44)31-15-9-10-26(23-41)38(31)43-34-16-5-1-11-27(34)28-12-2-6-17-35(28)43/h1-21H. The fraction of sp³-hybridized carbons (Fsp3) is 0. The summed E-state index contributed by atoms with van der Waals surface area (Å²) in [7, 11) is 0. The van der Waals surface area contributed by atoms with Crippen LogP contribution in [-0.4, -0.2) is 9.13 Å². The third kappa shape index (κ3) is 3.43. The van der Waals surface area contributed by atoms with Crippen molar-refractivity contribution in [2.75, 3.05) is 0 Å². The minimum atomic E-state index is 0.284. The number of fused-ring (bicyclic) bond motifs is 6. The van der Waals surface area contributed by atoms with E-state index in [1.807, 2.05) is 84.9 Å². The number of aromatic nitrogens is 2. The van der Waals surface area contributed by atoms with E-state index in [9.17, 15) is 15.8 Å². The van der Waals surface area contributed by atoms with Crippen LogP contribution < -0.4 is 0 Å². The first-order chi connectivity index (χ1) is 21.7. The zero-order valence-corrected chi connectivity index (χ0v) is 23.4. The summed E-state index contributed by atoms with van der Waals surface area (Å²) in [5.41, 5.74) is 7.77. The van der Waals surface area contributed by atoms with Gasteiger partial charge in [-0.3, -0.25) is 0 Å². The Bertz CT molecular complexity index is 2490. The van der Waals surface area contributed by atoms with Crippen molar-refractivity contribution in [2.24, 2.45) is 0 Å². The van der Waals surface area contributed by atoms with Gasteiger partial charge in [0.15, 0.2) is 0 Å². The van der Waals surface area contributed by atoms with Gasteiger partial charge in [0, 0.05) is 32.7 Å². The zero-order valence-electron chi connectivity index (χ0n) is 23.4. The molecule has 0 aliphatic carbocycles. The van der Waals surface area contributed by atoms with Crippen LogP contribution >= 0.6 is 0 Å². The fourth-order valence-electron chi connectivity index (χ4n) is 6.67. The van der Waals surface area contributed by atoms with Crippen LogP contribution in [0.1, 0.15) is 16.7 Å². The SMILES string of the molecule is N#Cc1ccc(-c2cccc(C#N)c2-n2c3ccccc3c3ccccc32)c(-n2c3ccccc3c3ccccc32)c1C#N. The number of nitriles is 3. The number of rotatable bonds is 3. The quantitative estimate of drug-likeness (QED) is 0.216. The lowest BCUT2D eigenvalue weighted by Crippen LogP contribution is -2.06. The third-order valence-electron chi connectivity index (χ3n) is 8.46. The molecule has 0 amide bonds. The normalized spacial score (nSPS) is 11.1. The lowest BCUT2D eigenvalue weighted by Gasteiger charge is -2.20. The van der Waals surface area contributed by atoms with Crippen LogP contribution in [0.5, 0.6) is 0 Å². The maximum absolute atomic E-state index is 10.6. The fourth-order valence-corrected chi connectivity index (χ4v) is 6.67. The van der Waals surface area contributed by atoms with E-state index in [2.05, 4.69) is 63.7 Å². The topological polar surface area (TPSA) is 81.2 Å². The second-order valence-electron chi connectivity index (χ2n) is 10.7. The highest BCUT2D eigenvalue weighted by molar-refractivity contribution is 6.12. The average molecular weight is 560 g/mol.